The van der Waals surface area contributed by atoms with Gasteiger partial charge in [-0.15, -0.1) is 0 Å². The van der Waals surface area contributed by atoms with E-state index < -0.39 is 0 Å². The molecule has 2 heterocycles. The molecular formula is C18H26N2O4. The zero-order valence-electron chi connectivity index (χ0n) is 14.3. The summed E-state index contributed by atoms with van der Waals surface area (Å²) in [5.41, 5.74) is 1.06. The van der Waals surface area contributed by atoms with E-state index in [9.17, 15) is 4.79 Å². The highest BCUT2D eigenvalue weighted by Crippen LogP contribution is 2.34. The molecule has 0 spiro atoms. The Balaban J connectivity index is 1.53. The predicted octanol–water partition coefficient (Wildman–Crippen LogP) is 1.57. The Morgan fingerprint density at radius 2 is 2.17 bits per heavy atom. The van der Waals surface area contributed by atoms with E-state index in [0.29, 0.717) is 32.8 Å². The van der Waals surface area contributed by atoms with Gasteiger partial charge in [-0.1, -0.05) is 19.1 Å². The van der Waals surface area contributed by atoms with Gasteiger partial charge in [-0.2, -0.15) is 0 Å². The van der Waals surface area contributed by atoms with E-state index in [-0.39, 0.29) is 12.0 Å². The van der Waals surface area contributed by atoms with Gasteiger partial charge in [0.1, 0.15) is 13.2 Å². The third-order valence-corrected chi connectivity index (χ3v) is 4.41. The number of ether oxygens (including phenoxy) is 3. The number of nitrogens with zero attached hydrogens (tertiary/aromatic N) is 1. The van der Waals surface area contributed by atoms with Crippen LogP contribution >= 0.6 is 0 Å². The average molecular weight is 334 g/mol. The number of carbonyl (C=O) groups excluding carboxylic acids is 1. The van der Waals surface area contributed by atoms with E-state index in [1.165, 1.54) is 0 Å². The molecule has 1 saturated heterocycles. The summed E-state index contributed by atoms with van der Waals surface area (Å²) in [4.78, 5) is 14.3. The molecule has 1 aromatic carbocycles. The second-order valence-electron chi connectivity index (χ2n) is 6.18. The van der Waals surface area contributed by atoms with Crippen LogP contribution in [0.2, 0.25) is 0 Å². The Bertz CT molecular complexity index is 558. The van der Waals surface area contributed by atoms with Gasteiger partial charge in [-0.3, -0.25) is 9.69 Å². The topological polar surface area (TPSA) is 60.0 Å². The summed E-state index contributed by atoms with van der Waals surface area (Å²) in [6.45, 7) is 6.44. The fraction of sp³-hybridized carbons (Fsp3) is 0.611. The summed E-state index contributed by atoms with van der Waals surface area (Å²) in [7, 11) is 0. The lowest BCUT2D eigenvalue weighted by atomic mass is 10.1. The van der Waals surface area contributed by atoms with Crippen molar-refractivity contribution in [3.8, 4) is 11.5 Å². The van der Waals surface area contributed by atoms with E-state index in [1.807, 2.05) is 18.2 Å². The van der Waals surface area contributed by atoms with Crippen LogP contribution in [0.1, 0.15) is 25.3 Å². The van der Waals surface area contributed by atoms with Gasteiger partial charge in [0.25, 0.3) is 0 Å². The predicted molar refractivity (Wildman–Crippen MR) is 90.4 cm³/mol. The van der Waals surface area contributed by atoms with Crippen LogP contribution in [0.25, 0.3) is 0 Å². The third-order valence-electron chi connectivity index (χ3n) is 4.41. The van der Waals surface area contributed by atoms with E-state index in [2.05, 4.69) is 17.1 Å². The van der Waals surface area contributed by atoms with Gasteiger partial charge in [0.2, 0.25) is 5.91 Å². The molecule has 6 heteroatoms. The fourth-order valence-corrected chi connectivity index (χ4v) is 3.07. The number of nitrogens with one attached hydrogen (secondary N) is 1. The highest BCUT2D eigenvalue weighted by Gasteiger charge is 2.19. The summed E-state index contributed by atoms with van der Waals surface area (Å²) < 4.78 is 16.9. The first-order valence-electron chi connectivity index (χ1n) is 8.74. The van der Waals surface area contributed by atoms with Crippen LogP contribution < -0.4 is 14.8 Å². The Morgan fingerprint density at radius 1 is 1.29 bits per heavy atom. The molecule has 0 bridgehead atoms. The van der Waals surface area contributed by atoms with Gasteiger partial charge < -0.3 is 19.5 Å². The number of hydrogen-bond acceptors (Lipinski definition) is 5. The molecule has 0 unspecified atom stereocenters. The molecule has 0 aliphatic carbocycles. The van der Waals surface area contributed by atoms with E-state index >= 15 is 0 Å². The average Bonchev–Trinajstić information content (AvgIpc) is 3.13. The molecule has 1 amide bonds. The minimum atomic E-state index is 0.0364. The maximum absolute atomic E-state index is 12.2. The molecule has 1 fully saturated rings. The van der Waals surface area contributed by atoms with Crippen LogP contribution in [0.15, 0.2) is 18.2 Å². The van der Waals surface area contributed by atoms with Crippen LogP contribution in [-0.4, -0.2) is 56.4 Å². The molecule has 2 aliphatic rings. The van der Waals surface area contributed by atoms with E-state index in [4.69, 9.17) is 14.2 Å². The number of likely N-dealkylation sites (N-methyl/N-ethyl adjacent to an activating group) is 1. The highest BCUT2D eigenvalue weighted by atomic mass is 16.6. The van der Waals surface area contributed by atoms with Crippen molar-refractivity contribution >= 4 is 5.91 Å². The van der Waals surface area contributed by atoms with Crippen LogP contribution in [0.3, 0.4) is 0 Å². The summed E-state index contributed by atoms with van der Waals surface area (Å²) in [6, 6.07) is 5.91. The zero-order valence-corrected chi connectivity index (χ0v) is 14.3. The van der Waals surface area contributed by atoms with Crippen molar-refractivity contribution in [2.24, 2.45) is 0 Å². The molecule has 0 radical (unpaired) electrons. The van der Waals surface area contributed by atoms with Crippen molar-refractivity contribution in [2.45, 2.75) is 32.4 Å². The molecule has 3 rings (SSSR count). The summed E-state index contributed by atoms with van der Waals surface area (Å²) in [5.74, 6) is 1.63. The molecule has 1 aromatic rings. The lowest BCUT2D eigenvalue weighted by molar-refractivity contribution is -0.122. The largest absolute Gasteiger partial charge is 0.486 e. The first-order chi connectivity index (χ1) is 11.8. The molecule has 24 heavy (non-hydrogen) atoms. The zero-order chi connectivity index (χ0) is 16.8. The van der Waals surface area contributed by atoms with Gasteiger partial charge in [0, 0.05) is 25.3 Å². The van der Waals surface area contributed by atoms with Crippen LogP contribution in [0, 0.1) is 0 Å². The summed E-state index contributed by atoms with van der Waals surface area (Å²) in [6.07, 6.45) is 2.30. The second kappa shape index (κ2) is 8.35. The molecular weight excluding hydrogens is 308 g/mol. The number of fused-ring (bicyclic) bond motifs is 1. The van der Waals surface area contributed by atoms with Crippen LogP contribution in [0.4, 0.5) is 0 Å². The van der Waals surface area contributed by atoms with Gasteiger partial charge >= 0.3 is 0 Å². The molecule has 1 atom stereocenters. The molecule has 6 nitrogen and oxygen atoms in total. The van der Waals surface area contributed by atoms with Gasteiger partial charge in [-0.25, -0.2) is 0 Å². The van der Waals surface area contributed by atoms with Crippen molar-refractivity contribution < 1.29 is 19.0 Å². The minimum Gasteiger partial charge on any atom is -0.486 e. The van der Waals surface area contributed by atoms with Crippen molar-refractivity contribution in [1.82, 2.24) is 10.2 Å². The number of hydrogen-bond donors (Lipinski definition) is 1. The normalized spacial score (nSPS) is 19.5. The van der Waals surface area contributed by atoms with Crippen LogP contribution in [0.5, 0.6) is 11.5 Å². The van der Waals surface area contributed by atoms with Crippen molar-refractivity contribution in [3.63, 3.8) is 0 Å². The number of para-hydroxylation sites is 1. The maximum atomic E-state index is 12.2. The Kier molecular flexibility index (Phi) is 5.93. The Hall–Kier alpha value is -1.79. The van der Waals surface area contributed by atoms with E-state index in [0.717, 1.165) is 43.1 Å². The summed E-state index contributed by atoms with van der Waals surface area (Å²) in [5, 5.41) is 2.98. The molecule has 1 N–H and O–H groups in total. The number of amides is 1. The monoisotopic (exact) mass is 334 g/mol. The SMILES string of the molecule is CCN(CC(=O)NC[C@H]1CCCO1)Cc1cccc2c1OCCO2. The Labute approximate surface area is 143 Å². The molecule has 132 valence electrons. The summed E-state index contributed by atoms with van der Waals surface area (Å²) >= 11 is 0. The van der Waals surface area contributed by atoms with Crippen LogP contribution in [-0.2, 0) is 16.1 Å². The first kappa shape index (κ1) is 17.0. The fourth-order valence-electron chi connectivity index (χ4n) is 3.07. The molecule has 2 aliphatic heterocycles. The second-order valence-corrected chi connectivity index (χ2v) is 6.18. The van der Waals surface area contributed by atoms with Gasteiger partial charge in [0.15, 0.2) is 11.5 Å². The van der Waals surface area contributed by atoms with Crippen molar-refractivity contribution in [2.75, 3.05) is 39.5 Å². The Morgan fingerprint density at radius 3 is 2.96 bits per heavy atom. The smallest absolute Gasteiger partial charge is 0.234 e. The maximum Gasteiger partial charge on any atom is 0.234 e. The number of carbonyl (C=O) groups is 1. The number of benzene rings is 1. The number of rotatable bonds is 7. The lowest BCUT2D eigenvalue weighted by Crippen LogP contribution is -2.40. The molecule has 0 aromatic heterocycles. The third kappa shape index (κ3) is 4.39. The van der Waals surface area contributed by atoms with Crippen molar-refractivity contribution in [1.29, 1.82) is 0 Å². The standard InChI is InChI=1S/C18H26N2O4/c1-2-20(13-17(21)19-11-15-6-4-8-22-15)12-14-5-3-7-16-18(14)24-10-9-23-16/h3,5,7,15H,2,4,6,8-13H2,1H3,(H,19,21)/t15-/m1/s1. The first-order valence-corrected chi connectivity index (χ1v) is 8.74. The van der Waals surface area contributed by atoms with E-state index in [1.54, 1.807) is 0 Å². The van der Waals surface area contributed by atoms with Gasteiger partial charge in [-0.05, 0) is 25.5 Å². The highest BCUT2D eigenvalue weighted by molar-refractivity contribution is 5.78. The molecule has 0 saturated carbocycles. The quantitative estimate of drug-likeness (QED) is 0.820. The van der Waals surface area contributed by atoms with Crippen molar-refractivity contribution in [3.05, 3.63) is 23.8 Å². The van der Waals surface area contributed by atoms with Gasteiger partial charge in [0.05, 0.1) is 12.6 Å². The minimum absolute atomic E-state index is 0.0364. The lowest BCUT2D eigenvalue weighted by Gasteiger charge is -2.25.